The second-order valence-corrected chi connectivity index (χ2v) is 4.15. The van der Waals surface area contributed by atoms with E-state index < -0.39 is 0 Å². The zero-order chi connectivity index (χ0) is 13.1. The Morgan fingerprint density at radius 1 is 1.22 bits per heavy atom. The second kappa shape index (κ2) is 4.87. The standard InChI is InChI=1S/C14H15N3O/c1-9-3-6-12(14(15)16)13(7-9)18-11-5-4-10(2)17-8-11/h3-8H,1-2H3,(H3,15,16). The van der Waals surface area contributed by atoms with Crippen LogP contribution in [-0.4, -0.2) is 10.8 Å². The first-order valence-electron chi connectivity index (χ1n) is 5.62. The van der Waals surface area contributed by atoms with Gasteiger partial charge in [0.1, 0.15) is 17.3 Å². The maximum Gasteiger partial charge on any atom is 0.145 e. The molecule has 0 aliphatic rings. The van der Waals surface area contributed by atoms with Crippen molar-refractivity contribution in [1.82, 2.24) is 4.98 Å². The molecular weight excluding hydrogens is 226 g/mol. The average molecular weight is 241 g/mol. The number of nitrogens with zero attached hydrogens (tertiary/aromatic N) is 1. The predicted octanol–water partition coefficient (Wildman–Crippen LogP) is 2.77. The molecule has 0 bridgehead atoms. The van der Waals surface area contributed by atoms with Gasteiger partial charge in [-0.3, -0.25) is 10.4 Å². The van der Waals surface area contributed by atoms with Crippen molar-refractivity contribution in [2.45, 2.75) is 13.8 Å². The number of rotatable bonds is 3. The minimum absolute atomic E-state index is 0.00919. The van der Waals surface area contributed by atoms with E-state index in [2.05, 4.69) is 4.98 Å². The van der Waals surface area contributed by atoms with Crippen molar-refractivity contribution in [3.05, 3.63) is 53.3 Å². The highest BCUT2D eigenvalue weighted by Crippen LogP contribution is 2.25. The Labute approximate surface area is 106 Å². The largest absolute Gasteiger partial charge is 0.455 e. The molecule has 0 amide bonds. The Bertz CT molecular complexity index is 576. The normalized spacial score (nSPS) is 10.1. The van der Waals surface area contributed by atoms with E-state index in [0.29, 0.717) is 17.1 Å². The number of nitrogens with two attached hydrogens (primary N) is 1. The molecule has 3 N–H and O–H groups in total. The van der Waals surface area contributed by atoms with Crippen molar-refractivity contribution in [2.24, 2.45) is 5.73 Å². The number of ether oxygens (including phenoxy) is 1. The van der Waals surface area contributed by atoms with Gasteiger partial charge in [0.15, 0.2) is 0 Å². The average Bonchev–Trinajstić information content (AvgIpc) is 2.32. The Morgan fingerprint density at radius 2 is 2.00 bits per heavy atom. The highest BCUT2D eigenvalue weighted by molar-refractivity contribution is 5.97. The van der Waals surface area contributed by atoms with Crippen LogP contribution in [0.3, 0.4) is 0 Å². The minimum Gasteiger partial charge on any atom is -0.455 e. The fourth-order valence-electron chi connectivity index (χ4n) is 1.58. The number of amidine groups is 1. The molecule has 2 aromatic rings. The van der Waals surface area contributed by atoms with Crippen LogP contribution in [0.1, 0.15) is 16.8 Å². The summed E-state index contributed by atoms with van der Waals surface area (Å²) in [5.74, 6) is 1.20. The Hall–Kier alpha value is -2.36. The van der Waals surface area contributed by atoms with Crippen molar-refractivity contribution in [1.29, 1.82) is 5.41 Å². The van der Waals surface area contributed by atoms with E-state index in [1.165, 1.54) is 0 Å². The summed E-state index contributed by atoms with van der Waals surface area (Å²) < 4.78 is 5.72. The Balaban J connectivity index is 2.35. The lowest BCUT2D eigenvalue weighted by Gasteiger charge is -2.11. The summed E-state index contributed by atoms with van der Waals surface area (Å²) in [6.45, 7) is 3.88. The van der Waals surface area contributed by atoms with Gasteiger partial charge in [-0.15, -0.1) is 0 Å². The number of nitrogens with one attached hydrogen (secondary N) is 1. The Kier molecular flexibility index (Phi) is 3.28. The van der Waals surface area contributed by atoms with Gasteiger partial charge >= 0.3 is 0 Å². The van der Waals surface area contributed by atoms with Crippen molar-refractivity contribution in [3.8, 4) is 11.5 Å². The number of aryl methyl sites for hydroxylation is 2. The molecule has 92 valence electrons. The molecule has 0 aliphatic heterocycles. The molecule has 0 fully saturated rings. The van der Waals surface area contributed by atoms with Crippen LogP contribution >= 0.6 is 0 Å². The molecule has 2 rings (SSSR count). The molecule has 18 heavy (non-hydrogen) atoms. The number of nitrogen functional groups attached to an aromatic ring is 1. The Morgan fingerprint density at radius 3 is 2.61 bits per heavy atom. The molecule has 1 aromatic heterocycles. The molecule has 4 nitrogen and oxygen atoms in total. The first kappa shape index (κ1) is 12.1. The third kappa shape index (κ3) is 2.66. The van der Waals surface area contributed by atoms with Crippen LogP contribution in [0.15, 0.2) is 36.5 Å². The molecule has 0 spiro atoms. The van der Waals surface area contributed by atoms with Crippen LogP contribution in [-0.2, 0) is 0 Å². The van der Waals surface area contributed by atoms with Gasteiger partial charge in [0.2, 0.25) is 0 Å². The van der Waals surface area contributed by atoms with Crippen molar-refractivity contribution in [2.75, 3.05) is 0 Å². The number of pyridine rings is 1. The maximum atomic E-state index is 7.53. The topological polar surface area (TPSA) is 72.0 Å². The zero-order valence-electron chi connectivity index (χ0n) is 10.4. The molecule has 0 unspecified atom stereocenters. The first-order chi connectivity index (χ1) is 8.56. The van der Waals surface area contributed by atoms with Gasteiger partial charge in [0.25, 0.3) is 0 Å². The monoisotopic (exact) mass is 241 g/mol. The van der Waals surface area contributed by atoms with Crippen LogP contribution in [0.25, 0.3) is 0 Å². The molecule has 0 aliphatic carbocycles. The van der Waals surface area contributed by atoms with Crippen molar-refractivity contribution >= 4 is 5.84 Å². The van der Waals surface area contributed by atoms with Gasteiger partial charge in [-0.25, -0.2) is 0 Å². The number of aromatic nitrogens is 1. The number of benzene rings is 1. The summed E-state index contributed by atoms with van der Waals surface area (Å²) >= 11 is 0. The van der Waals surface area contributed by atoms with Crippen molar-refractivity contribution < 1.29 is 4.74 Å². The minimum atomic E-state index is -0.00919. The molecule has 0 saturated carbocycles. The molecule has 0 atom stereocenters. The first-order valence-corrected chi connectivity index (χ1v) is 5.62. The fourth-order valence-corrected chi connectivity index (χ4v) is 1.58. The molecule has 1 aromatic carbocycles. The van der Waals surface area contributed by atoms with Gasteiger partial charge < -0.3 is 10.5 Å². The van der Waals surface area contributed by atoms with E-state index in [4.69, 9.17) is 15.9 Å². The van der Waals surface area contributed by atoms with E-state index in [-0.39, 0.29) is 5.84 Å². The van der Waals surface area contributed by atoms with Crippen LogP contribution in [0.2, 0.25) is 0 Å². The summed E-state index contributed by atoms with van der Waals surface area (Å²) in [4.78, 5) is 4.16. The summed E-state index contributed by atoms with van der Waals surface area (Å²) in [5, 5.41) is 7.53. The number of hydrogen-bond donors (Lipinski definition) is 2. The van der Waals surface area contributed by atoms with Crippen LogP contribution in [0.4, 0.5) is 0 Å². The third-order valence-electron chi connectivity index (χ3n) is 2.54. The summed E-state index contributed by atoms with van der Waals surface area (Å²) in [7, 11) is 0. The van der Waals surface area contributed by atoms with Gasteiger partial charge in [0.05, 0.1) is 11.8 Å². The van der Waals surface area contributed by atoms with E-state index in [1.54, 1.807) is 12.3 Å². The van der Waals surface area contributed by atoms with Gasteiger partial charge in [-0.2, -0.15) is 0 Å². The maximum absolute atomic E-state index is 7.53. The predicted molar refractivity (Wildman–Crippen MR) is 71.2 cm³/mol. The molecule has 0 saturated heterocycles. The molecule has 0 radical (unpaired) electrons. The second-order valence-electron chi connectivity index (χ2n) is 4.15. The van der Waals surface area contributed by atoms with Gasteiger partial charge in [-0.1, -0.05) is 6.07 Å². The SMILES string of the molecule is Cc1ccc(C(=N)N)c(Oc2ccc(C)nc2)c1. The van der Waals surface area contributed by atoms with E-state index in [0.717, 1.165) is 11.3 Å². The van der Waals surface area contributed by atoms with Crippen molar-refractivity contribution in [3.63, 3.8) is 0 Å². The zero-order valence-corrected chi connectivity index (χ0v) is 10.4. The molecule has 1 heterocycles. The lowest BCUT2D eigenvalue weighted by molar-refractivity contribution is 0.478. The summed E-state index contributed by atoms with van der Waals surface area (Å²) in [5.41, 5.74) is 8.09. The van der Waals surface area contributed by atoms with Crippen LogP contribution in [0, 0.1) is 19.3 Å². The van der Waals surface area contributed by atoms with E-state index in [1.807, 2.05) is 38.1 Å². The number of hydrogen-bond acceptors (Lipinski definition) is 3. The highest BCUT2D eigenvalue weighted by Gasteiger charge is 2.08. The smallest absolute Gasteiger partial charge is 0.145 e. The van der Waals surface area contributed by atoms with Crippen LogP contribution in [0.5, 0.6) is 11.5 Å². The third-order valence-corrected chi connectivity index (χ3v) is 2.54. The van der Waals surface area contributed by atoms with E-state index >= 15 is 0 Å². The van der Waals surface area contributed by atoms with Gasteiger partial charge in [-0.05, 0) is 43.7 Å². The van der Waals surface area contributed by atoms with Crippen LogP contribution < -0.4 is 10.5 Å². The summed E-state index contributed by atoms with van der Waals surface area (Å²) in [6, 6.07) is 9.26. The summed E-state index contributed by atoms with van der Waals surface area (Å²) in [6.07, 6.45) is 1.65. The lowest BCUT2D eigenvalue weighted by atomic mass is 10.1. The fraction of sp³-hybridized carbons (Fsp3) is 0.143. The quantitative estimate of drug-likeness (QED) is 0.641. The van der Waals surface area contributed by atoms with Gasteiger partial charge in [0, 0.05) is 5.69 Å². The molecule has 4 heteroatoms. The molecular formula is C14H15N3O. The lowest BCUT2D eigenvalue weighted by Crippen LogP contribution is -2.12. The van der Waals surface area contributed by atoms with E-state index in [9.17, 15) is 0 Å². The highest BCUT2D eigenvalue weighted by atomic mass is 16.5.